The highest BCUT2D eigenvalue weighted by atomic mass is 19.4. The van der Waals surface area contributed by atoms with Crippen LogP contribution in [-0.4, -0.2) is 43.8 Å². The standard InChI is InChI=1S/C17H17F3N6O/c18-17(19,20)10-3-4-12(13(27)8-10)15-25-24-14(16-22-6-7-26(15)16)23-11-2-1-5-21-9-11/h3-4,6-8,11,21,27H,1-2,5,9H2,(H,23,24). The first-order chi connectivity index (χ1) is 12.9. The van der Waals surface area contributed by atoms with E-state index in [2.05, 4.69) is 25.8 Å². The molecule has 0 amide bonds. The van der Waals surface area contributed by atoms with E-state index < -0.39 is 17.5 Å². The van der Waals surface area contributed by atoms with Crippen LogP contribution in [-0.2, 0) is 6.18 Å². The number of hydrogen-bond acceptors (Lipinski definition) is 6. The van der Waals surface area contributed by atoms with Gasteiger partial charge < -0.3 is 15.7 Å². The Hall–Kier alpha value is -2.88. The minimum Gasteiger partial charge on any atom is -0.507 e. The molecule has 3 N–H and O–H groups in total. The molecule has 1 unspecified atom stereocenters. The van der Waals surface area contributed by atoms with Gasteiger partial charge in [0.1, 0.15) is 5.75 Å². The molecule has 4 rings (SSSR count). The molecule has 0 aliphatic carbocycles. The van der Waals surface area contributed by atoms with Crippen molar-refractivity contribution in [1.82, 2.24) is 24.9 Å². The van der Waals surface area contributed by atoms with Gasteiger partial charge in [0.15, 0.2) is 17.3 Å². The van der Waals surface area contributed by atoms with Crippen LogP contribution < -0.4 is 10.6 Å². The minimum absolute atomic E-state index is 0.143. The Morgan fingerprint density at radius 2 is 2.11 bits per heavy atom. The van der Waals surface area contributed by atoms with Gasteiger partial charge in [0.25, 0.3) is 0 Å². The third-order valence-electron chi connectivity index (χ3n) is 4.53. The molecule has 1 aliphatic rings. The summed E-state index contributed by atoms with van der Waals surface area (Å²) >= 11 is 0. The van der Waals surface area contributed by atoms with Gasteiger partial charge in [-0.15, -0.1) is 10.2 Å². The SMILES string of the molecule is Oc1cc(C(F)(F)F)ccc1-c1nnc(NC2CCCNC2)c2nccn12. The second-order valence-corrected chi connectivity index (χ2v) is 6.41. The van der Waals surface area contributed by atoms with Crippen molar-refractivity contribution < 1.29 is 18.3 Å². The van der Waals surface area contributed by atoms with Crippen LogP contribution in [0.5, 0.6) is 5.75 Å². The van der Waals surface area contributed by atoms with Crippen molar-refractivity contribution in [2.75, 3.05) is 18.4 Å². The van der Waals surface area contributed by atoms with Gasteiger partial charge in [-0.2, -0.15) is 13.2 Å². The largest absolute Gasteiger partial charge is 0.507 e. The van der Waals surface area contributed by atoms with E-state index in [-0.39, 0.29) is 17.4 Å². The summed E-state index contributed by atoms with van der Waals surface area (Å²) in [6, 6.07) is 2.96. The summed E-state index contributed by atoms with van der Waals surface area (Å²) in [5, 5.41) is 25.0. The average molecular weight is 378 g/mol. The van der Waals surface area contributed by atoms with Crippen LogP contribution in [0.15, 0.2) is 30.6 Å². The summed E-state index contributed by atoms with van der Waals surface area (Å²) < 4.78 is 40.0. The normalized spacial score (nSPS) is 18.0. The van der Waals surface area contributed by atoms with E-state index in [0.29, 0.717) is 17.5 Å². The molecule has 1 atom stereocenters. The van der Waals surface area contributed by atoms with Crippen molar-refractivity contribution >= 4 is 11.5 Å². The number of nitrogens with zero attached hydrogens (tertiary/aromatic N) is 4. The zero-order valence-corrected chi connectivity index (χ0v) is 14.2. The van der Waals surface area contributed by atoms with Crippen LogP contribution in [0.2, 0.25) is 0 Å². The fraction of sp³-hybridized carbons (Fsp3) is 0.353. The molecule has 1 saturated heterocycles. The number of phenols is 1. The Morgan fingerprint density at radius 3 is 2.81 bits per heavy atom. The molecule has 2 aromatic heterocycles. The van der Waals surface area contributed by atoms with Crippen molar-refractivity contribution in [2.24, 2.45) is 0 Å². The maximum Gasteiger partial charge on any atom is 0.416 e. The molecular formula is C17H17F3N6O. The molecule has 0 radical (unpaired) electrons. The maximum atomic E-state index is 12.8. The van der Waals surface area contributed by atoms with Crippen molar-refractivity contribution in [3.05, 3.63) is 36.2 Å². The lowest BCUT2D eigenvalue weighted by Gasteiger charge is -2.24. The predicted octanol–water partition coefficient (Wildman–Crippen LogP) is 2.68. The molecule has 0 saturated carbocycles. The summed E-state index contributed by atoms with van der Waals surface area (Å²) in [5.41, 5.74) is -0.295. The molecule has 1 aromatic carbocycles. The summed E-state index contributed by atoms with van der Waals surface area (Å²) in [6.07, 6.45) is 0.679. The number of aromatic hydroxyl groups is 1. The Kier molecular flexibility index (Phi) is 4.34. The molecule has 7 nitrogen and oxygen atoms in total. The lowest BCUT2D eigenvalue weighted by Crippen LogP contribution is -2.38. The van der Waals surface area contributed by atoms with Gasteiger partial charge in [0.2, 0.25) is 0 Å². The fourth-order valence-corrected chi connectivity index (χ4v) is 3.18. The average Bonchev–Trinajstić information content (AvgIpc) is 3.13. The number of aromatic nitrogens is 4. The molecule has 142 valence electrons. The molecule has 10 heteroatoms. The monoisotopic (exact) mass is 378 g/mol. The molecule has 27 heavy (non-hydrogen) atoms. The van der Waals surface area contributed by atoms with Crippen LogP contribution in [0.1, 0.15) is 18.4 Å². The zero-order chi connectivity index (χ0) is 19.0. The number of nitrogens with one attached hydrogen (secondary N) is 2. The molecule has 3 aromatic rings. The number of hydrogen-bond donors (Lipinski definition) is 3. The Bertz CT molecular complexity index is 965. The number of halogens is 3. The molecule has 3 heterocycles. The fourth-order valence-electron chi connectivity index (χ4n) is 3.18. The van der Waals surface area contributed by atoms with Crippen LogP contribution in [0.25, 0.3) is 17.0 Å². The second kappa shape index (κ2) is 6.69. The van der Waals surface area contributed by atoms with Gasteiger partial charge >= 0.3 is 6.18 Å². The number of imidazole rings is 1. The Balaban J connectivity index is 1.71. The van der Waals surface area contributed by atoms with Gasteiger partial charge in [-0.05, 0) is 37.6 Å². The van der Waals surface area contributed by atoms with E-state index >= 15 is 0 Å². The highest BCUT2D eigenvalue weighted by Crippen LogP contribution is 2.36. The Morgan fingerprint density at radius 1 is 1.26 bits per heavy atom. The number of alkyl halides is 3. The van der Waals surface area contributed by atoms with Crippen molar-refractivity contribution in [1.29, 1.82) is 0 Å². The van der Waals surface area contributed by atoms with Gasteiger partial charge in [-0.25, -0.2) is 4.98 Å². The summed E-state index contributed by atoms with van der Waals surface area (Å²) in [5.74, 6) is 0.177. The van der Waals surface area contributed by atoms with Gasteiger partial charge in [0.05, 0.1) is 11.1 Å². The van der Waals surface area contributed by atoms with E-state index in [9.17, 15) is 18.3 Å². The van der Waals surface area contributed by atoms with Crippen LogP contribution in [0.3, 0.4) is 0 Å². The number of benzene rings is 1. The smallest absolute Gasteiger partial charge is 0.416 e. The van der Waals surface area contributed by atoms with E-state index in [1.807, 2.05) is 0 Å². The number of anilines is 1. The van der Waals surface area contributed by atoms with Crippen LogP contribution in [0, 0.1) is 0 Å². The molecule has 1 fully saturated rings. The first-order valence-corrected chi connectivity index (χ1v) is 8.51. The quantitative estimate of drug-likeness (QED) is 0.650. The Labute approximate surface area is 152 Å². The van der Waals surface area contributed by atoms with Crippen LogP contribution in [0.4, 0.5) is 19.0 Å². The topological polar surface area (TPSA) is 87.4 Å². The lowest BCUT2D eigenvalue weighted by atomic mass is 10.1. The molecular weight excluding hydrogens is 361 g/mol. The lowest BCUT2D eigenvalue weighted by molar-refractivity contribution is -0.137. The zero-order valence-electron chi connectivity index (χ0n) is 14.2. The minimum atomic E-state index is -4.53. The van der Waals surface area contributed by atoms with E-state index in [1.165, 1.54) is 6.07 Å². The third kappa shape index (κ3) is 3.39. The number of piperidine rings is 1. The van der Waals surface area contributed by atoms with Crippen LogP contribution >= 0.6 is 0 Å². The first kappa shape index (κ1) is 17.5. The number of rotatable bonds is 3. The van der Waals surface area contributed by atoms with Gasteiger partial charge in [-0.1, -0.05) is 0 Å². The van der Waals surface area contributed by atoms with E-state index in [4.69, 9.17) is 0 Å². The summed E-state index contributed by atoms with van der Waals surface area (Å²) in [4.78, 5) is 4.27. The van der Waals surface area contributed by atoms with E-state index in [1.54, 1.807) is 16.8 Å². The molecule has 0 bridgehead atoms. The second-order valence-electron chi connectivity index (χ2n) is 6.41. The van der Waals surface area contributed by atoms with Gasteiger partial charge in [0, 0.05) is 25.0 Å². The summed E-state index contributed by atoms with van der Waals surface area (Å²) in [7, 11) is 0. The summed E-state index contributed by atoms with van der Waals surface area (Å²) in [6.45, 7) is 1.78. The van der Waals surface area contributed by atoms with Crippen molar-refractivity contribution in [3.63, 3.8) is 0 Å². The highest BCUT2D eigenvalue weighted by molar-refractivity contribution is 5.71. The molecule has 1 aliphatic heterocycles. The predicted molar refractivity (Wildman–Crippen MR) is 92.4 cm³/mol. The maximum absolute atomic E-state index is 12.8. The highest BCUT2D eigenvalue weighted by Gasteiger charge is 2.31. The molecule has 0 spiro atoms. The number of fused-ring (bicyclic) bond motifs is 1. The number of phenolic OH excluding ortho intramolecular Hbond substituents is 1. The van der Waals surface area contributed by atoms with E-state index in [0.717, 1.165) is 32.0 Å². The van der Waals surface area contributed by atoms with Crippen molar-refractivity contribution in [2.45, 2.75) is 25.1 Å². The van der Waals surface area contributed by atoms with Crippen molar-refractivity contribution in [3.8, 4) is 17.1 Å². The van der Waals surface area contributed by atoms with Gasteiger partial charge in [-0.3, -0.25) is 4.40 Å². The first-order valence-electron chi connectivity index (χ1n) is 8.51. The third-order valence-corrected chi connectivity index (χ3v) is 4.53.